The van der Waals surface area contributed by atoms with E-state index in [0.717, 1.165) is 23.5 Å². The quantitative estimate of drug-likeness (QED) is 0.323. The lowest BCUT2D eigenvalue weighted by Crippen LogP contribution is -2.62. The number of carbonyl (C=O) groups is 4. The van der Waals surface area contributed by atoms with Crippen LogP contribution in [-0.2, 0) is 35.0 Å². The molecule has 0 radical (unpaired) electrons. The second-order valence-corrected chi connectivity index (χ2v) is 15.8. The van der Waals surface area contributed by atoms with Crippen LogP contribution in [0.3, 0.4) is 0 Å². The Morgan fingerprint density at radius 3 is 2.44 bits per heavy atom. The molecule has 12 nitrogen and oxygen atoms in total. The molecule has 268 valence electrons. The van der Waals surface area contributed by atoms with Crippen molar-refractivity contribution in [2.45, 2.75) is 62.5 Å². The molecule has 3 saturated heterocycles. The van der Waals surface area contributed by atoms with E-state index in [1.165, 1.54) is 41.0 Å². The summed E-state index contributed by atoms with van der Waals surface area (Å²) in [5, 5.41) is 2.84. The Bertz CT molecular complexity index is 1890. The highest BCUT2D eigenvalue weighted by atomic mass is 32.1. The average Bonchev–Trinajstić information content (AvgIpc) is 3.68. The Balaban J connectivity index is 1.24. The van der Waals surface area contributed by atoms with Gasteiger partial charge in [-0.25, -0.2) is 4.39 Å². The fourth-order valence-corrected chi connectivity index (χ4v) is 8.42. The zero-order valence-electron chi connectivity index (χ0n) is 27.2. The number of carbonyl (C=O) groups excluding carboxylic acids is 4. The zero-order chi connectivity index (χ0) is 36.2. The Kier molecular flexibility index (Phi) is 9.63. The predicted molar refractivity (Wildman–Crippen MR) is 176 cm³/mol. The maximum Gasteiger partial charge on any atom is 0.399 e. The first kappa shape index (κ1) is 36.0. The second-order valence-electron chi connectivity index (χ2n) is 13.1. The van der Waals surface area contributed by atoms with Crippen molar-refractivity contribution in [2.75, 3.05) is 32.8 Å². The Morgan fingerprint density at radius 2 is 1.76 bits per heavy atom. The van der Waals surface area contributed by atoms with Crippen molar-refractivity contribution < 1.29 is 51.4 Å². The first-order valence-corrected chi connectivity index (χ1v) is 18.5. The van der Waals surface area contributed by atoms with Crippen molar-refractivity contribution in [1.82, 2.24) is 20.0 Å². The van der Waals surface area contributed by atoms with Crippen LogP contribution in [-0.4, -0.2) is 99.0 Å². The highest BCUT2D eigenvalue weighted by Crippen LogP contribution is 2.59. The monoisotopic (exact) mass is 736 g/mol. The van der Waals surface area contributed by atoms with E-state index in [0.29, 0.717) is 29.5 Å². The fraction of sp³-hybridized carbons (Fsp3) is 0.455. The number of amides is 4. The molecule has 4 atom stereocenters. The van der Waals surface area contributed by atoms with E-state index in [4.69, 9.17) is 14.5 Å². The van der Waals surface area contributed by atoms with Gasteiger partial charge in [0.15, 0.2) is 0 Å². The van der Waals surface area contributed by atoms with Gasteiger partial charge in [0.2, 0.25) is 17.7 Å². The lowest BCUT2D eigenvalue weighted by atomic mass is 9.93. The molecule has 6 rings (SSSR count). The molecule has 50 heavy (non-hydrogen) atoms. The van der Waals surface area contributed by atoms with Gasteiger partial charge >= 0.3 is 13.3 Å². The summed E-state index contributed by atoms with van der Waals surface area (Å²) >= 11 is 0.931. The van der Waals surface area contributed by atoms with Gasteiger partial charge < -0.3 is 34.5 Å². The molecule has 3 aromatic rings. The smallest absolute Gasteiger partial charge is 0.367 e. The minimum atomic E-state index is -5.82. The van der Waals surface area contributed by atoms with Gasteiger partial charge in [0.05, 0.1) is 18.0 Å². The summed E-state index contributed by atoms with van der Waals surface area (Å²) in [5.41, 5.74) is -5.56. The van der Waals surface area contributed by atoms with Gasteiger partial charge in [-0.05, 0) is 67.5 Å². The topological polar surface area (TPSA) is 157 Å². The van der Waals surface area contributed by atoms with Crippen molar-refractivity contribution in [3.63, 3.8) is 0 Å². The first-order valence-electron chi connectivity index (χ1n) is 16.0. The van der Waals surface area contributed by atoms with Gasteiger partial charge in [-0.1, -0.05) is 18.2 Å². The van der Waals surface area contributed by atoms with Crippen LogP contribution in [0, 0.1) is 5.82 Å². The van der Waals surface area contributed by atoms with Crippen molar-refractivity contribution in [2.24, 2.45) is 0 Å². The first-order chi connectivity index (χ1) is 23.5. The Hall–Kier alpha value is -3.82. The summed E-state index contributed by atoms with van der Waals surface area (Å²) in [6.07, 6.45) is 1.31. The molecule has 4 heterocycles. The van der Waals surface area contributed by atoms with Gasteiger partial charge in [-0.2, -0.15) is 8.78 Å². The number of benzene rings is 2. The van der Waals surface area contributed by atoms with Crippen LogP contribution < -0.4 is 5.32 Å². The van der Waals surface area contributed by atoms with Gasteiger partial charge in [0.25, 0.3) is 5.91 Å². The Morgan fingerprint density at radius 1 is 1.04 bits per heavy atom. The third-order valence-electron chi connectivity index (χ3n) is 9.72. The molecule has 3 aliphatic rings. The number of nitrogens with zero attached hydrogens (tertiary/aromatic N) is 3. The number of halogens is 3. The fourth-order valence-electron chi connectivity index (χ4n) is 7.00. The summed E-state index contributed by atoms with van der Waals surface area (Å²) in [7, 11) is -5.82. The SMILES string of the molecule is CC(=O)N1CC[C@H]2CC[C@@H](C(=O)N3CCOC(C)(c4ccc(F)cc4)C3)N2C(=O)[C@@H](NC(=O)c2cc3cc(C(F)(F)P(=O)(O)O)ccc3s2)C1. The number of morpholine rings is 1. The molecule has 2 aromatic carbocycles. The maximum absolute atomic E-state index is 14.4. The molecule has 1 unspecified atom stereocenters. The number of fused-ring (bicyclic) bond motifs is 2. The van der Waals surface area contributed by atoms with Crippen LogP contribution in [0.25, 0.3) is 10.1 Å². The summed E-state index contributed by atoms with van der Waals surface area (Å²) in [4.78, 5) is 77.5. The standard InChI is InChI=1S/C33H36F3N4O8PS/c1-19(41)38-12-11-24-8-9-26(31(44)39-13-14-48-32(2,18-39)21-3-6-23(34)7-4-21)40(24)30(43)25(17-38)37-29(42)28-16-20-15-22(5-10-27(20)50-28)33(35,36)49(45,46)47/h3-7,10,15-16,24-26H,8-9,11-14,17-18H2,1-2H3,(H,37,42)(H2,45,46,47)/t24-,25+,26+,32?/m1/s1. The minimum absolute atomic E-state index is 0.0416. The highest BCUT2D eigenvalue weighted by Gasteiger charge is 2.51. The number of rotatable bonds is 6. The van der Waals surface area contributed by atoms with Gasteiger partial charge in [0.1, 0.15) is 23.5 Å². The van der Waals surface area contributed by atoms with E-state index in [2.05, 4.69) is 5.32 Å². The van der Waals surface area contributed by atoms with Crippen molar-refractivity contribution in [1.29, 1.82) is 0 Å². The number of alkyl halides is 2. The van der Waals surface area contributed by atoms with Gasteiger partial charge in [-0.15, -0.1) is 11.3 Å². The van der Waals surface area contributed by atoms with E-state index < -0.39 is 54.1 Å². The molecule has 17 heteroatoms. The summed E-state index contributed by atoms with van der Waals surface area (Å²) in [6, 6.07) is 7.72. The van der Waals surface area contributed by atoms with Crippen LogP contribution in [0.1, 0.15) is 53.9 Å². The van der Waals surface area contributed by atoms with Crippen molar-refractivity contribution >= 4 is 52.6 Å². The molecule has 0 bridgehead atoms. The number of hydrogen-bond acceptors (Lipinski definition) is 7. The molecule has 1 aromatic heterocycles. The molecule has 3 N–H and O–H groups in total. The highest BCUT2D eigenvalue weighted by molar-refractivity contribution is 7.52. The average molecular weight is 737 g/mol. The lowest BCUT2D eigenvalue weighted by molar-refractivity contribution is -0.159. The normalized spacial score (nSPS) is 24.9. The van der Waals surface area contributed by atoms with Crippen molar-refractivity contribution in [3.8, 4) is 0 Å². The van der Waals surface area contributed by atoms with Gasteiger partial charge in [0, 0.05) is 42.9 Å². The van der Waals surface area contributed by atoms with E-state index in [1.54, 1.807) is 17.0 Å². The molecule has 4 amide bonds. The number of ether oxygens (including phenoxy) is 1. The molecule has 3 fully saturated rings. The second kappa shape index (κ2) is 13.4. The minimum Gasteiger partial charge on any atom is -0.367 e. The molecular weight excluding hydrogens is 700 g/mol. The summed E-state index contributed by atoms with van der Waals surface area (Å²) in [6.45, 7) is 3.99. The lowest BCUT2D eigenvalue weighted by Gasteiger charge is -2.43. The van der Waals surface area contributed by atoms with E-state index in [-0.39, 0.29) is 60.9 Å². The zero-order valence-corrected chi connectivity index (χ0v) is 28.9. The molecule has 0 aliphatic carbocycles. The number of thiophene rings is 1. The van der Waals surface area contributed by atoms with Crippen LogP contribution in [0.5, 0.6) is 0 Å². The van der Waals surface area contributed by atoms with E-state index >= 15 is 0 Å². The summed E-state index contributed by atoms with van der Waals surface area (Å²) < 4.78 is 60.2. The summed E-state index contributed by atoms with van der Waals surface area (Å²) in [5.74, 6) is -2.24. The largest absolute Gasteiger partial charge is 0.399 e. The van der Waals surface area contributed by atoms with Crippen molar-refractivity contribution in [3.05, 3.63) is 70.4 Å². The van der Waals surface area contributed by atoms with Crippen LogP contribution >= 0.6 is 18.9 Å². The van der Waals surface area contributed by atoms with Crippen LogP contribution in [0.2, 0.25) is 0 Å². The number of hydrogen-bond donors (Lipinski definition) is 3. The third-order valence-corrected chi connectivity index (χ3v) is 11.8. The van der Waals surface area contributed by atoms with E-state index in [1.807, 2.05) is 6.92 Å². The Labute approximate surface area is 289 Å². The van der Waals surface area contributed by atoms with Crippen LogP contribution in [0.4, 0.5) is 13.2 Å². The van der Waals surface area contributed by atoms with Crippen LogP contribution in [0.15, 0.2) is 48.5 Å². The number of nitrogens with one attached hydrogen (secondary N) is 1. The van der Waals surface area contributed by atoms with E-state index in [9.17, 15) is 36.9 Å². The maximum atomic E-state index is 14.4. The predicted octanol–water partition coefficient (Wildman–Crippen LogP) is 3.75. The molecule has 0 spiro atoms. The molecule has 3 aliphatic heterocycles. The third kappa shape index (κ3) is 6.79. The molecule has 0 saturated carbocycles. The molecular formula is C33H36F3N4O8PS. The van der Waals surface area contributed by atoms with Gasteiger partial charge in [-0.3, -0.25) is 23.7 Å².